The molecule has 138 valence electrons. The highest BCUT2D eigenvalue weighted by Gasteiger charge is 2.23. The molecule has 1 atom stereocenters. The number of carbonyl (C=O) groups excluding carboxylic acids is 1. The first-order chi connectivity index (χ1) is 11.8. The maximum atomic E-state index is 12.5. The molecule has 1 saturated heterocycles. The molecule has 5 nitrogen and oxygen atoms in total. The van der Waals surface area contributed by atoms with E-state index in [1.165, 1.54) is 0 Å². The van der Waals surface area contributed by atoms with E-state index in [1.807, 2.05) is 0 Å². The van der Waals surface area contributed by atoms with E-state index in [-0.39, 0.29) is 12.3 Å². The van der Waals surface area contributed by atoms with Gasteiger partial charge in [-0.1, -0.05) is 23.2 Å². The van der Waals surface area contributed by atoms with Crippen molar-refractivity contribution in [2.45, 2.75) is 32.2 Å². The van der Waals surface area contributed by atoms with Gasteiger partial charge in [0.25, 0.3) is 0 Å². The Hall–Kier alpha value is -1.30. The van der Waals surface area contributed by atoms with Crippen molar-refractivity contribution in [1.82, 2.24) is 9.80 Å². The monoisotopic (exact) mass is 386 g/mol. The standard InChI is InChI=1S/C18H24Cl2N2O3/c1-21(10-14-7-15(19)9-16(20)8-14)17(23)12-22-6-2-3-13(11-22)4-5-18(24)25/h7-9,13H,2-6,10-12H2,1H3,(H,24,25). The molecule has 1 aromatic rings. The molecule has 7 heteroatoms. The predicted molar refractivity (Wildman–Crippen MR) is 99.0 cm³/mol. The number of amides is 1. The molecule has 1 heterocycles. The van der Waals surface area contributed by atoms with E-state index in [4.69, 9.17) is 28.3 Å². The molecule has 1 aliphatic rings. The molecule has 1 N–H and O–H groups in total. The van der Waals surface area contributed by atoms with Crippen LogP contribution in [0.3, 0.4) is 0 Å². The zero-order valence-corrected chi connectivity index (χ0v) is 15.9. The van der Waals surface area contributed by atoms with Gasteiger partial charge in [-0.05, 0) is 55.5 Å². The van der Waals surface area contributed by atoms with Crippen molar-refractivity contribution in [2.75, 3.05) is 26.7 Å². The maximum Gasteiger partial charge on any atom is 0.303 e. The van der Waals surface area contributed by atoms with Crippen molar-refractivity contribution < 1.29 is 14.7 Å². The number of rotatable bonds is 7. The van der Waals surface area contributed by atoms with Gasteiger partial charge in [0.2, 0.25) is 5.91 Å². The van der Waals surface area contributed by atoms with Crippen molar-refractivity contribution in [3.63, 3.8) is 0 Å². The Morgan fingerprint density at radius 2 is 1.96 bits per heavy atom. The number of nitrogens with zero attached hydrogens (tertiary/aromatic N) is 2. The summed E-state index contributed by atoms with van der Waals surface area (Å²) in [6.45, 7) is 2.48. The van der Waals surface area contributed by atoms with Gasteiger partial charge in [-0.25, -0.2) is 0 Å². The fraction of sp³-hybridized carbons (Fsp3) is 0.556. The van der Waals surface area contributed by atoms with Crippen molar-refractivity contribution >= 4 is 35.1 Å². The molecule has 1 amide bonds. The average molecular weight is 387 g/mol. The molecule has 0 aromatic heterocycles. The summed E-state index contributed by atoms with van der Waals surface area (Å²) in [5.41, 5.74) is 0.895. The van der Waals surface area contributed by atoms with Gasteiger partial charge >= 0.3 is 5.97 Å². The van der Waals surface area contributed by atoms with Crippen LogP contribution in [-0.4, -0.2) is 53.5 Å². The smallest absolute Gasteiger partial charge is 0.303 e. The van der Waals surface area contributed by atoms with Gasteiger partial charge in [0, 0.05) is 36.6 Å². The fourth-order valence-corrected chi connectivity index (χ4v) is 3.81. The van der Waals surface area contributed by atoms with Gasteiger partial charge in [-0.2, -0.15) is 0 Å². The lowest BCUT2D eigenvalue weighted by atomic mass is 9.93. The van der Waals surface area contributed by atoms with Crippen LogP contribution in [-0.2, 0) is 16.1 Å². The zero-order chi connectivity index (χ0) is 18.4. The molecule has 1 aromatic carbocycles. The largest absolute Gasteiger partial charge is 0.481 e. The number of carbonyl (C=O) groups is 2. The lowest BCUT2D eigenvalue weighted by Gasteiger charge is -2.33. The first kappa shape index (κ1) is 20.0. The number of aliphatic carboxylic acids is 1. The number of piperidine rings is 1. The summed E-state index contributed by atoms with van der Waals surface area (Å²) in [6, 6.07) is 5.28. The van der Waals surface area contributed by atoms with E-state index in [0.717, 1.165) is 31.5 Å². The number of carboxylic acids is 1. The van der Waals surface area contributed by atoms with E-state index < -0.39 is 5.97 Å². The molecule has 2 rings (SSSR count). The number of likely N-dealkylation sites (tertiary alicyclic amines) is 1. The Morgan fingerprint density at radius 3 is 2.60 bits per heavy atom. The summed E-state index contributed by atoms with van der Waals surface area (Å²) in [5, 5.41) is 9.93. The maximum absolute atomic E-state index is 12.5. The molecule has 0 aliphatic carbocycles. The predicted octanol–water partition coefficient (Wildman–Crippen LogP) is 3.53. The molecule has 1 fully saturated rings. The summed E-state index contributed by atoms with van der Waals surface area (Å²) >= 11 is 12.0. The molecule has 0 saturated carbocycles. The highest BCUT2D eigenvalue weighted by molar-refractivity contribution is 6.34. The third-order valence-electron chi connectivity index (χ3n) is 4.50. The number of hydrogen-bond acceptors (Lipinski definition) is 3. The van der Waals surface area contributed by atoms with E-state index >= 15 is 0 Å². The molecule has 0 bridgehead atoms. The van der Waals surface area contributed by atoms with Crippen molar-refractivity contribution in [1.29, 1.82) is 0 Å². The van der Waals surface area contributed by atoms with E-state index in [2.05, 4.69) is 4.90 Å². The van der Waals surface area contributed by atoms with E-state index in [0.29, 0.717) is 35.5 Å². The highest BCUT2D eigenvalue weighted by Crippen LogP contribution is 2.22. The van der Waals surface area contributed by atoms with Crippen LogP contribution < -0.4 is 0 Å². The minimum Gasteiger partial charge on any atom is -0.481 e. The Bertz CT molecular complexity index is 604. The summed E-state index contributed by atoms with van der Waals surface area (Å²) in [7, 11) is 1.77. The third kappa shape index (κ3) is 6.84. The van der Waals surface area contributed by atoms with Crippen molar-refractivity contribution in [3.05, 3.63) is 33.8 Å². The number of benzene rings is 1. The van der Waals surface area contributed by atoms with E-state index in [9.17, 15) is 9.59 Å². The van der Waals surface area contributed by atoms with Gasteiger partial charge in [0.05, 0.1) is 6.54 Å². The molecule has 25 heavy (non-hydrogen) atoms. The summed E-state index contributed by atoms with van der Waals surface area (Å²) in [4.78, 5) is 27.0. The van der Waals surface area contributed by atoms with Crippen LogP contribution in [0, 0.1) is 5.92 Å². The SMILES string of the molecule is CN(Cc1cc(Cl)cc(Cl)c1)C(=O)CN1CCCC(CCC(=O)O)C1. The van der Waals surface area contributed by atoms with Crippen LogP contribution in [0.1, 0.15) is 31.2 Å². The van der Waals surface area contributed by atoms with Gasteiger partial charge in [-0.15, -0.1) is 0 Å². The van der Waals surface area contributed by atoms with Crippen LogP contribution in [0.15, 0.2) is 18.2 Å². The Balaban J connectivity index is 1.84. The number of likely N-dealkylation sites (N-methyl/N-ethyl adjacent to an activating group) is 1. The first-order valence-corrected chi connectivity index (χ1v) is 9.22. The number of hydrogen-bond donors (Lipinski definition) is 1. The molecule has 0 radical (unpaired) electrons. The van der Waals surface area contributed by atoms with Crippen LogP contribution in [0.2, 0.25) is 10.0 Å². The van der Waals surface area contributed by atoms with Crippen LogP contribution in [0.5, 0.6) is 0 Å². The quantitative estimate of drug-likeness (QED) is 0.778. The first-order valence-electron chi connectivity index (χ1n) is 8.46. The second-order valence-corrected chi connectivity index (χ2v) is 7.58. The van der Waals surface area contributed by atoms with Gasteiger partial charge in [0.1, 0.15) is 0 Å². The van der Waals surface area contributed by atoms with Crippen LogP contribution in [0.25, 0.3) is 0 Å². The van der Waals surface area contributed by atoms with E-state index in [1.54, 1.807) is 30.1 Å². The highest BCUT2D eigenvalue weighted by atomic mass is 35.5. The normalized spacial score (nSPS) is 18.1. The zero-order valence-electron chi connectivity index (χ0n) is 14.4. The minimum atomic E-state index is -0.756. The molecular weight excluding hydrogens is 363 g/mol. The Morgan fingerprint density at radius 1 is 1.28 bits per heavy atom. The van der Waals surface area contributed by atoms with Gasteiger partial charge in [0.15, 0.2) is 0 Å². The van der Waals surface area contributed by atoms with Gasteiger partial charge < -0.3 is 10.0 Å². The molecular formula is C18H24Cl2N2O3. The molecule has 1 unspecified atom stereocenters. The van der Waals surface area contributed by atoms with Crippen molar-refractivity contribution in [2.24, 2.45) is 5.92 Å². The number of carboxylic acid groups (broad SMARTS) is 1. The third-order valence-corrected chi connectivity index (χ3v) is 4.93. The molecule has 0 spiro atoms. The van der Waals surface area contributed by atoms with Gasteiger partial charge in [-0.3, -0.25) is 14.5 Å². The summed E-state index contributed by atoms with van der Waals surface area (Å²) in [6.07, 6.45) is 2.92. The summed E-state index contributed by atoms with van der Waals surface area (Å²) < 4.78 is 0. The Labute approximate surface area is 158 Å². The topological polar surface area (TPSA) is 60.9 Å². The second-order valence-electron chi connectivity index (χ2n) is 6.70. The van der Waals surface area contributed by atoms with Crippen molar-refractivity contribution in [3.8, 4) is 0 Å². The summed E-state index contributed by atoms with van der Waals surface area (Å²) in [5.74, 6) is -0.363. The fourth-order valence-electron chi connectivity index (χ4n) is 3.23. The second kappa shape index (κ2) is 9.41. The van der Waals surface area contributed by atoms with Crippen LogP contribution >= 0.6 is 23.2 Å². The van der Waals surface area contributed by atoms with Crippen LogP contribution in [0.4, 0.5) is 0 Å². The minimum absolute atomic E-state index is 0.0370. The Kier molecular flexibility index (Phi) is 7.54. The average Bonchev–Trinajstić information content (AvgIpc) is 2.52. The lowest BCUT2D eigenvalue weighted by Crippen LogP contribution is -2.43. The lowest BCUT2D eigenvalue weighted by molar-refractivity contribution is -0.137. The number of halogens is 2. The molecule has 1 aliphatic heterocycles.